The zero-order valence-corrected chi connectivity index (χ0v) is 15.0. The van der Waals surface area contributed by atoms with Crippen molar-refractivity contribution in [3.63, 3.8) is 0 Å². The molecule has 5 nitrogen and oxygen atoms in total. The Bertz CT molecular complexity index is 628. The molecular formula is C16H21F3N4OS. The van der Waals surface area contributed by atoms with Crippen molar-refractivity contribution in [3.8, 4) is 5.75 Å². The van der Waals surface area contributed by atoms with Gasteiger partial charge in [0.2, 0.25) is 11.0 Å². The third-order valence-corrected chi connectivity index (χ3v) is 4.51. The molecule has 0 bridgehead atoms. The number of methoxy groups -OCH3 is 1. The minimum Gasteiger partial charge on any atom is -0.497 e. The summed E-state index contributed by atoms with van der Waals surface area (Å²) in [7, 11) is 1.66. The molecule has 138 valence electrons. The second kappa shape index (κ2) is 9.00. The highest BCUT2D eigenvalue weighted by Crippen LogP contribution is 2.30. The van der Waals surface area contributed by atoms with E-state index in [1.807, 2.05) is 35.2 Å². The Morgan fingerprint density at radius 2 is 1.76 bits per heavy atom. The largest absolute Gasteiger partial charge is 0.497 e. The number of piperazine rings is 1. The summed E-state index contributed by atoms with van der Waals surface area (Å²) < 4.78 is 45.3. The fourth-order valence-corrected chi connectivity index (χ4v) is 3.01. The first-order valence-electron chi connectivity index (χ1n) is 7.91. The maximum absolute atomic E-state index is 12.3. The van der Waals surface area contributed by atoms with Gasteiger partial charge in [0, 0.05) is 37.7 Å². The van der Waals surface area contributed by atoms with Crippen molar-refractivity contribution < 1.29 is 17.9 Å². The molecule has 0 atom stereocenters. The molecular weight excluding hydrogens is 353 g/mol. The van der Waals surface area contributed by atoms with Crippen molar-refractivity contribution in [1.82, 2.24) is 14.3 Å². The molecule has 1 aliphatic rings. The molecule has 0 aliphatic carbocycles. The number of alkyl halides is 3. The summed E-state index contributed by atoms with van der Waals surface area (Å²) in [5, 5.41) is 0.369. The van der Waals surface area contributed by atoms with E-state index in [0.717, 1.165) is 36.9 Å². The topological polar surface area (TPSA) is 41.5 Å². The molecule has 0 N–H and O–H groups in total. The number of nitrogens with zero attached hydrogens (tertiary/aromatic N) is 4. The highest BCUT2D eigenvalue weighted by molar-refractivity contribution is 7.09. The summed E-state index contributed by atoms with van der Waals surface area (Å²) in [4.78, 5) is 7.66. The molecule has 1 fully saturated rings. The van der Waals surface area contributed by atoms with Crippen LogP contribution >= 0.6 is 11.5 Å². The van der Waals surface area contributed by atoms with Crippen LogP contribution in [0.2, 0.25) is 0 Å². The molecule has 0 radical (unpaired) electrons. The molecule has 1 aliphatic heterocycles. The summed E-state index contributed by atoms with van der Waals surface area (Å²) in [6, 6.07) is 9.68. The van der Waals surface area contributed by atoms with E-state index < -0.39 is 12.0 Å². The van der Waals surface area contributed by atoms with Gasteiger partial charge >= 0.3 is 6.18 Å². The monoisotopic (exact) mass is 374 g/mol. The van der Waals surface area contributed by atoms with Crippen molar-refractivity contribution in [1.29, 1.82) is 0 Å². The lowest BCUT2D eigenvalue weighted by Crippen LogP contribution is -2.46. The Morgan fingerprint density at radius 3 is 2.20 bits per heavy atom. The van der Waals surface area contributed by atoms with Crippen LogP contribution in [0.4, 0.5) is 18.3 Å². The van der Waals surface area contributed by atoms with Gasteiger partial charge in [-0.2, -0.15) is 22.5 Å². The molecule has 0 spiro atoms. The van der Waals surface area contributed by atoms with Crippen LogP contribution in [0.1, 0.15) is 12.7 Å². The van der Waals surface area contributed by atoms with Gasteiger partial charge in [-0.05, 0) is 18.7 Å². The molecule has 25 heavy (non-hydrogen) atoms. The van der Waals surface area contributed by atoms with Gasteiger partial charge in [-0.3, -0.25) is 0 Å². The van der Waals surface area contributed by atoms with Crippen LogP contribution in [0.25, 0.3) is 0 Å². The van der Waals surface area contributed by atoms with E-state index in [2.05, 4.69) is 21.2 Å². The first-order chi connectivity index (χ1) is 11.9. The maximum Gasteiger partial charge on any atom is 0.452 e. The molecule has 9 heteroatoms. The van der Waals surface area contributed by atoms with E-state index >= 15 is 0 Å². The fourth-order valence-electron chi connectivity index (χ4n) is 2.27. The van der Waals surface area contributed by atoms with Crippen LogP contribution in [-0.2, 0) is 6.18 Å². The quantitative estimate of drug-likeness (QED) is 0.824. The van der Waals surface area contributed by atoms with Gasteiger partial charge in [0.05, 0.1) is 7.11 Å². The Labute approximate surface area is 149 Å². The minimum absolute atomic E-state index is 0.369. The first kappa shape index (κ1) is 19.5. The third kappa shape index (κ3) is 5.86. The van der Waals surface area contributed by atoms with Crippen LogP contribution in [0.5, 0.6) is 5.75 Å². The van der Waals surface area contributed by atoms with E-state index in [1.165, 1.54) is 0 Å². The van der Waals surface area contributed by atoms with Gasteiger partial charge in [0.15, 0.2) is 0 Å². The van der Waals surface area contributed by atoms with Crippen molar-refractivity contribution >= 4 is 16.7 Å². The second-order valence-electron chi connectivity index (χ2n) is 5.34. The van der Waals surface area contributed by atoms with Crippen LogP contribution in [0.15, 0.2) is 30.3 Å². The van der Waals surface area contributed by atoms with E-state index in [9.17, 15) is 13.2 Å². The van der Waals surface area contributed by atoms with Crippen LogP contribution in [0.3, 0.4) is 0 Å². The van der Waals surface area contributed by atoms with Crippen LogP contribution in [-0.4, -0.2) is 54.1 Å². The smallest absolute Gasteiger partial charge is 0.452 e. The van der Waals surface area contributed by atoms with Gasteiger partial charge in [0.1, 0.15) is 5.75 Å². The lowest BCUT2D eigenvalue weighted by atomic mass is 10.3. The number of hydrogen-bond donors (Lipinski definition) is 0. The Hall–Kier alpha value is -1.87. The number of hydrogen-bond acceptors (Lipinski definition) is 6. The van der Waals surface area contributed by atoms with E-state index in [1.54, 1.807) is 7.11 Å². The highest BCUT2D eigenvalue weighted by atomic mass is 32.1. The fraction of sp³-hybridized carbons (Fsp3) is 0.500. The predicted octanol–water partition coefficient (Wildman–Crippen LogP) is 3.39. The van der Waals surface area contributed by atoms with Crippen molar-refractivity contribution in [2.24, 2.45) is 0 Å². The number of para-hydroxylation sites is 1. The number of aromatic nitrogens is 2. The average Bonchev–Trinajstić information content (AvgIpc) is 3.14. The van der Waals surface area contributed by atoms with Gasteiger partial charge in [-0.15, -0.1) is 0 Å². The number of benzene rings is 1. The van der Waals surface area contributed by atoms with E-state index in [-0.39, 0.29) is 0 Å². The molecule has 3 rings (SSSR count). The van der Waals surface area contributed by atoms with Crippen LogP contribution in [0, 0.1) is 0 Å². The lowest BCUT2D eigenvalue weighted by molar-refractivity contribution is -0.144. The van der Waals surface area contributed by atoms with Crippen molar-refractivity contribution in [2.75, 3.05) is 44.7 Å². The molecule has 2 heterocycles. The third-order valence-electron chi connectivity index (χ3n) is 3.74. The number of rotatable bonds is 3. The Kier molecular flexibility index (Phi) is 7.01. The predicted molar refractivity (Wildman–Crippen MR) is 92.2 cm³/mol. The number of anilines is 1. The molecule has 1 aromatic carbocycles. The summed E-state index contributed by atoms with van der Waals surface area (Å²) in [6.45, 7) is 6.18. The molecule has 1 aromatic heterocycles. The van der Waals surface area contributed by atoms with E-state index in [4.69, 9.17) is 4.74 Å². The van der Waals surface area contributed by atoms with Crippen molar-refractivity contribution in [2.45, 2.75) is 13.1 Å². The SMILES string of the molecule is CCN1CCN(c2nc(C(F)(F)F)ns2)CC1.COc1ccccc1. The number of halogens is 3. The summed E-state index contributed by atoms with van der Waals surface area (Å²) in [6.07, 6.45) is -4.44. The standard InChI is InChI=1S/C9H13F3N4S.C7H8O/c1-2-15-3-5-16(6-4-15)8-13-7(14-17-8)9(10,11)12;1-8-7-5-3-2-4-6-7/h2-6H2,1H3;2-6H,1H3. The highest BCUT2D eigenvalue weighted by Gasteiger charge is 2.36. The summed E-state index contributed by atoms with van der Waals surface area (Å²) in [5.74, 6) is -0.122. The molecule has 2 aromatic rings. The van der Waals surface area contributed by atoms with E-state index in [0.29, 0.717) is 18.2 Å². The zero-order valence-electron chi connectivity index (χ0n) is 14.2. The first-order valence-corrected chi connectivity index (χ1v) is 8.68. The van der Waals surface area contributed by atoms with Gasteiger partial charge in [0.25, 0.3) is 0 Å². The van der Waals surface area contributed by atoms with Gasteiger partial charge < -0.3 is 14.5 Å². The Morgan fingerprint density at radius 1 is 1.12 bits per heavy atom. The second-order valence-corrected chi connectivity index (χ2v) is 6.07. The molecule has 0 saturated carbocycles. The Balaban J connectivity index is 0.000000236. The molecule has 0 unspecified atom stereocenters. The van der Waals surface area contributed by atoms with Gasteiger partial charge in [-0.1, -0.05) is 25.1 Å². The maximum atomic E-state index is 12.3. The normalized spacial score (nSPS) is 15.5. The summed E-state index contributed by atoms with van der Waals surface area (Å²) >= 11 is 0.818. The molecule has 1 saturated heterocycles. The summed E-state index contributed by atoms with van der Waals surface area (Å²) in [5.41, 5.74) is 0. The van der Waals surface area contributed by atoms with Crippen LogP contribution < -0.4 is 9.64 Å². The average molecular weight is 374 g/mol. The van der Waals surface area contributed by atoms with Crippen molar-refractivity contribution in [3.05, 3.63) is 36.2 Å². The number of ether oxygens (including phenoxy) is 1. The minimum atomic E-state index is -4.44. The van der Waals surface area contributed by atoms with Gasteiger partial charge in [-0.25, -0.2) is 0 Å². The molecule has 0 amide bonds. The lowest BCUT2D eigenvalue weighted by Gasteiger charge is -2.33. The zero-order chi connectivity index (χ0) is 18.3. The number of likely N-dealkylation sites (N-methyl/N-ethyl adjacent to an activating group) is 1.